The third-order valence-corrected chi connectivity index (χ3v) is 3.46. The highest BCUT2D eigenvalue weighted by Crippen LogP contribution is 2.33. The van der Waals surface area contributed by atoms with Crippen molar-refractivity contribution in [3.8, 4) is 0 Å². The number of benzene rings is 1. The number of nitrogens with two attached hydrogens (primary N) is 1. The molecule has 17 heavy (non-hydrogen) atoms. The summed E-state index contributed by atoms with van der Waals surface area (Å²) in [6, 6.07) is 8.22. The number of anilines is 1. The van der Waals surface area contributed by atoms with Crippen LogP contribution >= 0.6 is 0 Å². The fourth-order valence-electron chi connectivity index (χ4n) is 2.15. The molecule has 0 amide bonds. The van der Waals surface area contributed by atoms with Gasteiger partial charge in [0, 0.05) is 5.69 Å². The molecule has 2 nitrogen and oxygen atoms in total. The lowest BCUT2D eigenvalue weighted by atomic mass is 10.1. The topological polar surface area (TPSA) is 38.0 Å². The van der Waals surface area contributed by atoms with Gasteiger partial charge in [-0.2, -0.15) is 0 Å². The van der Waals surface area contributed by atoms with E-state index in [-0.39, 0.29) is 0 Å². The lowest BCUT2D eigenvalue weighted by Gasteiger charge is -2.05. The first-order chi connectivity index (χ1) is 8.34. The Kier molecular flexibility index (Phi) is 4.87. The zero-order chi connectivity index (χ0) is 11.9. The van der Waals surface area contributed by atoms with Crippen LogP contribution in [-0.2, 0) is 6.42 Å². The number of nitrogens with one attached hydrogen (secondary N) is 1. The maximum Gasteiger partial charge on any atom is 0.0314 e. The predicted octanol–water partition coefficient (Wildman–Crippen LogP) is 2.98. The van der Waals surface area contributed by atoms with E-state index in [1.807, 2.05) is 12.1 Å². The molecule has 94 valence electrons. The zero-order valence-electron chi connectivity index (χ0n) is 10.6. The Hall–Kier alpha value is -1.02. The van der Waals surface area contributed by atoms with Gasteiger partial charge in [-0.3, -0.25) is 0 Å². The van der Waals surface area contributed by atoms with Gasteiger partial charge in [0.15, 0.2) is 0 Å². The molecule has 1 aliphatic carbocycles. The van der Waals surface area contributed by atoms with Gasteiger partial charge in [-0.1, -0.05) is 25.0 Å². The molecular formula is C15H24N2. The number of rotatable bonds is 8. The van der Waals surface area contributed by atoms with E-state index in [2.05, 4.69) is 17.4 Å². The Bertz CT molecular complexity index is 314. The minimum absolute atomic E-state index is 0.854. The molecule has 2 rings (SSSR count). The maximum absolute atomic E-state index is 5.65. The molecular weight excluding hydrogens is 208 g/mol. The van der Waals surface area contributed by atoms with Crippen molar-refractivity contribution in [3.05, 3.63) is 29.8 Å². The highest BCUT2D eigenvalue weighted by atomic mass is 14.8. The monoisotopic (exact) mass is 232 g/mol. The summed E-state index contributed by atoms with van der Waals surface area (Å²) in [4.78, 5) is 0. The summed E-state index contributed by atoms with van der Waals surface area (Å²) < 4.78 is 0. The van der Waals surface area contributed by atoms with Crippen molar-refractivity contribution in [2.24, 2.45) is 5.92 Å². The summed E-state index contributed by atoms with van der Waals surface area (Å²) in [5, 5.41) is 3.53. The van der Waals surface area contributed by atoms with E-state index in [0.29, 0.717) is 0 Å². The molecule has 0 radical (unpaired) electrons. The summed E-state index contributed by atoms with van der Waals surface area (Å²) in [5.74, 6) is 1.08. The van der Waals surface area contributed by atoms with Gasteiger partial charge in [0.25, 0.3) is 0 Å². The molecule has 3 N–H and O–H groups in total. The smallest absolute Gasteiger partial charge is 0.0314 e. The van der Waals surface area contributed by atoms with E-state index in [1.165, 1.54) is 44.2 Å². The highest BCUT2D eigenvalue weighted by molar-refractivity contribution is 5.39. The molecule has 0 aliphatic heterocycles. The predicted molar refractivity (Wildman–Crippen MR) is 74.0 cm³/mol. The van der Waals surface area contributed by atoms with Crippen LogP contribution in [0.15, 0.2) is 24.3 Å². The van der Waals surface area contributed by atoms with Crippen molar-refractivity contribution < 1.29 is 0 Å². The standard InChI is InChI=1S/C15H24N2/c16-15-9-7-14(8-10-15)4-2-12-17-11-1-3-13-5-6-13/h7-10,13,17H,1-6,11-12,16H2. The SMILES string of the molecule is Nc1ccc(CCCNCCCC2CC2)cc1. The van der Waals surface area contributed by atoms with Gasteiger partial charge in [0.05, 0.1) is 0 Å². The fourth-order valence-corrected chi connectivity index (χ4v) is 2.15. The van der Waals surface area contributed by atoms with Crippen LogP contribution in [0, 0.1) is 5.92 Å². The van der Waals surface area contributed by atoms with Gasteiger partial charge in [-0.25, -0.2) is 0 Å². The lowest BCUT2D eigenvalue weighted by Crippen LogP contribution is -2.17. The average molecular weight is 232 g/mol. The lowest BCUT2D eigenvalue weighted by molar-refractivity contribution is 0.581. The van der Waals surface area contributed by atoms with E-state index < -0.39 is 0 Å². The van der Waals surface area contributed by atoms with Crippen LogP contribution in [0.4, 0.5) is 5.69 Å². The molecule has 0 bridgehead atoms. The number of hydrogen-bond acceptors (Lipinski definition) is 2. The molecule has 0 atom stereocenters. The highest BCUT2D eigenvalue weighted by Gasteiger charge is 2.19. The van der Waals surface area contributed by atoms with Gasteiger partial charge < -0.3 is 11.1 Å². The van der Waals surface area contributed by atoms with Gasteiger partial charge in [-0.05, 0) is 62.4 Å². The Morgan fingerprint density at radius 2 is 1.76 bits per heavy atom. The summed E-state index contributed by atoms with van der Waals surface area (Å²) in [6.07, 6.45) is 8.12. The normalized spacial score (nSPS) is 15.1. The minimum atomic E-state index is 0.854. The van der Waals surface area contributed by atoms with Gasteiger partial charge >= 0.3 is 0 Å². The van der Waals surface area contributed by atoms with Crippen LogP contribution in [0.2, 0.25) is 0 Å². The summed E-state index contributed by atoms with van der Waals surface area (Å²) >= 11 is 0. The quantitative estimate of drug-likeness (QED) is 0.534. The van der Waals surface area contributed by atoms with Crippen molar-refractivity contribution in [2.75, 3.05) is 18.8 Å². The number of nitrogen functional groups attached to an aromatic ring is 1. The van der Waals surface area contributed by atoms with Crippen molar-refractivity contribution >= 4 is 5.69 Å². The largest absolute Gasteiger partial charge is 0.399 e. The van der Waals surface area contributed by atoms with Crippen LogP contribution < -0.4 is 11.1 Å². The van der Waals surface area contributed by atoms with E-state index in [1.54, 1.807) is 0 Å². The van der Waals surface area contributed by atoms with Crippen molar-refractivity contribution in [1.29, 1.82) is 0 Å². The molecule has 0 aromatic heterocycles. The van der Waals surface area contributed by atoms with E-state index >= 15 is 0 Å². The molecule has 1 aliphatic rings. The van der Waals surface area contributed by atoms with Crippen LogP contribution in [0.3, 0.4) is 0 Å². The third kappa shape index (κ3) is 5.22. The molecule has 1 aromatic rings. The average Bonchev–Trinajstić information content (AvgIpc) is 3.14. The van der Waals surface area contributed by atoms with Crippen LogP contribution in [0.1, 0.15) is 37.7 Å². The Morgan fingerprint density at radius 3 is 2.47 bits per heavy atom. The molecule has 1 aromatic carbocycles. The van der Waals surface area contributed by atoms with Crippen LogP contribution in [0.5, 0.6) is 0 Å². The molecule has 1 saturated carbocycles. The molecule has 0 spiro atoms. The zero-order valence-corrected chi connectivity index (χ0v) is 10.6. The minimum Gasteiger partial charge on any atom is -0.399 e. The van der Waals surface area contributed by atoms with E-state index in [9.17, 15) is 0 Å². The van der Waals surface area contributed by atoms with Gasteiger partial charge in [0.2, 0.25) is 0 Å². The molecule has 1 fully saturated rings. The molecule has 2 heteroatoms. The molecule has 0 saturated heterocycles. The van der Waals surface area contributed by atoms with Crippen LogP contribution in [-0.4, -0.2) is 13.1 Å². The van der Waals surface area contributed by atoms with Crippen molar-refractivity contribution in [2.45, 2.75) is 38.5 Å². The van der Waals surface area contributed by atoms with Crippen LogP contribution in [0.25, 0.3) is 0 Å². The Labute approximate surface area is 105 Å². The number of hydrogen-bond donors (Lipinski definition) is 2. The van der Waals surface area contributed by atoms with E-state index in [0.717, 1.165) is 24.6 Å². The first-order valence-corrected chi connectivity index (χ1v) is 6.90. The van der Waals surface area contributed by atoms with Crippen molar-refractivity contribution in [1.82, 2.24) is 5.32 Å². The first kappa shape index (κ1) is 12.4. The van der Waals surface area contributed by atoms with Gasteiger partial charge in [-0.15, -0.1) is 0 Å². The van der Waals surface area contributed by atoms with Crippen molar-refractivity contribution in [3.63, 3.8) is 0 Å². The Morgan fingerprint density at radius 1 is 1.06 bits per heavy atom. The molecule has 0 heterocycles. The maximum atomic E-state index is 5.65. The summed E-state index contributed by atoms with van der Waals surface area (Å²) in [7, 11) is 0. The summed E-state index contributed by atoms with van der Waals surface area (Å²) in [6.45, 7) is 2.33. The van der Waals surface area contributed by atoms with Gasteiger partial charge in [0.1, 0.15) is 0 Å². The first-order valence-electron chi connectivity index (χ1n) is 6.90. The second kappa shape index (κ2) is 6.65. The van der Waals surface area contributed by atoms with E-state index in [4.69, 9.17) is 5.73 Å². The number of aryl methyl sites for hydroxylation is 1. The summed E-state index contributed by atoms with van der Waals surface area (Å²) in [5.41, 5.74) is 7.90. The Balaban J connectivity index is 1.46. The molecule has 0 unspecified atom stereocenters. The second-order valence-electron chi connectivity index (χ2n) is 5.18. The fraction of sp³-hybridized carbons (Fsp3) is 0.600. The second-order valence-corrected chi connectivity index (χ2v) is 5.18. The third-order valence-electron chi connectivity index (χ3n) is 3.46.